The van der Waals surface area contributed by atoms with Crippen molar-refractivity contribution in [1.29, 1.82) is 0 Å². The van der Waals surface area contributed by atoms with Crippen LogP contribution < -0.4 is 10.1 Å². The fourth-order valence-corrected chi connectivity index (χ4v) is 2.15. The average Bonchev–Trinajstić information content (AvgIpc) is 2.73. The maximum Gasteiger partial charge on any atom is 0.161 e. The van der Waals surface area contributed by atoms with Crippen molar-refractivity contribution in [1.82, 2.24) is 15.1 Å². The molecule has 0 saturated carbocycles. The Balaban J connectivity index is 3.19. The Labute approximate surface area is 104 Å². The van der Waals surface area contributed by atoms with E-state index in [9.17, 15) is 0 Å². The van der Waals surface area contributed by atoms with Gasteiger partial charge in [0.25, 0.3) is 0 Å². The fourth-order valence-electron chi connectivity index (χ4n) is 2.15. The van der Waals surface area contributed by atoms with Gasteiger partial charge in [0.05, 0.1) is 25.0 Å². The predicted octanol–water partition coefficient (Wildman–Crippen LogP) is 2.78. The molecule has 1 aromatic heterocycles. The fraction of sp³-hybridized carbons (Fsp3) is 0.769. The van der Waals surface area contributed by atoms with Gasteiger partial charge in [-0.3, -0.25) is 4.68 Å². The van der Waals surface area contributed by atoms with Gasteiger partial charge in [-0.15, -0.1) is 0 Å². The Kier molecular flexibility index (Phi) is 5.00. The lowest BCUT2D eigenvalue weighted by molar-refractivity contribution is 0.339. The third kappa shape index (κ3) is 2.80. The maximum absolute atomic E-state index is 5.43. The van der Waals surface area contributed by atoms with E-state index < -0.39 is 0 Å². The molecule has 98 valence electrons. The lowest BCUT2D eigenvalue weighted by Gasteiger charge is -2.25. The highest BCUT2D eigenvalue weighted by Crippen LogP contribution is 2.32. The van der Waals surface area contributed by atoms with E-state index in [2.05, 4.69) is 38.1 Å². The molecule has 1 heterocycles. The number of ether oxygens (including phenoxy) is 1. The van der Waals surface area contributed by atoms with Crippen molar-refractivity contribution in [2.24, 2.45) is 5.92 Å². The van der Waals surface area contributed by atoms with Gasteiger partial charge in [-0.1, -0.05) is 20.3 Å². The van der Waals surface area contributed by atoms with Gasteiger partial charge in [0.2, 0.25) is 0 Å². The Hall–Kier alpha value is -1.03. The summed E-state index contributed by atoms with van der Waals surface area (Å²) in [5.41, 5.74) is 1.15. The summed E-state index contributed by atoms with van der Waals surface area (Å²) in [5.74, 6) is 1.42. The van der Waals surface area contributed by atoms with E-state index in [0.717, 1.165) is 17.9 Å². The van der Waals surface area contributed by atoms with Gasteiger partial charge in [0, 0.05) is 6.04 Å². The highest BCUT2D eigenvalue weighted by molar-refractivity contribution is 5.29. The van der Waals surface area contributed by atoms with Crippen molar-refractivity contribution in [2.75, 3.05) is 14.2 Å². The normalized spacial score (nSPS) is 15.0. The average molecular weight is 239 g/mol. The van der Waals surface area contributed by atoms with Crippen molar-refractivity contribution in [3.63, 3.8) is 0 Å². The van der Waals surface area contributed by atoms with Crippen LogP contribution in [0.5, 0.6) is 5.75 Å². The molecule has 4 nitrogen and oxygen atoms in total. The number of nitrogens with one attached hydrogen (secondary N) is 1. The van der Waals surface area contributed by atoms with Crippen LogP contribution in [-0.4, -0.2) is 23.9 Å². The van der Waals surface area contributed by atoms with Crippen LogP contribution in [0.4, 0.5) is 0 Å². The number of methoxy groups -OCH3 is 1. The molecule has 2 atom stereocenters. The zero-order valence-corrected chi connectivity index (χ0v) is 11.8. The SMILES string of the molecule is CCC(C)C(NC)c1c(OC)cnn1C(C)C. The first-order valence-corrected chi connectivity index (χ1v) is 6.35. The van der Waals surface area contributed by atoms with E-state index >= 15 is 0 Å². The second kappa shape index (κ2) is 6.05. The van der Waals surface area contributed by atoms with Gasteiger partial charge in [-0.25, -0.2) is 0 Å². The summed E-state index contributed by atoms with van der Waals surface area (Å²) in [5, 5.41) is 7.81. The summed E-state index contributed by atoms with van der Waals surface area (Å²) in [6.07, 6.45) is 2.93. The summed E-state index contributed by atoms with van der Waals surface area (Å²) in [7, 11) is 3.70. The standard InChI is InChI=1S/C13H25N3O/c1-7-10(4)12(14-5)13-11(17-6)8-15-16(13)9(2)3/h8-10,12,14H,7H2,1-6H3. The molecule has 17 heavy (non-hydrogen) atoms. The second-order valence-corrected chi connectivity index (χ2v) is 4.79. The Morgan fingerprint density at radius 1 is 1.41 bits per heavy atom. The molecule has 0 aliphatic heterocycles. The van der Waals surface area contributed by atoms with Crippen LogP contribution in [0, 0.1) is 5.92 Å². The molecule has 2 unspecified atom stereocenters. The van der Waals surface area contributed by atoms with Crippen molar-refractivity contribution < 1.29 is 4.74 Å². The van der Waals surface area contributed by atoms with Crippen molar-refractivity contribution >= 4 is 0 Å². The monoisotopic (exact) mass is 239 g/mol. The summed E-state index contributed by atoms with van der Waals surface area (Å²) < 4.78 is 7.48. The van der Waals surface area contributed by atoms with Crippen LogP contribution in [-0.2, 0) is 0 Å². The highest BCUT2D eigenvalue weighted by Gasteiger charge is 2.25. The quantitative estimate of drug-likeness (QED) is 0.829. The minimum Gasteiger partial charge on any atom is -0.493 e. The predicted molar refractivity (Wildman–Crippen MR) is 70.4 cm³/mol. The van der Waals surface area contributed by atoms with E-state index in [0.29, 0.717) is 12.0 Å². The lowest BCUT2D eigenvalue weighted by Crippen LogP contribution is -2.27. The van der Waals surface area contributed by atoms with Gasteiger partial charge in [-0.05, 0) is 26.8 Å². The summed E-state index contributed by atoms with van der Waals surface area (Å²) in [4.78, 5) is 0. The van der Waals surface area contributed by atoms with Crippen LogP contribution >= 0.6 is 0 Å². The molecule has 1 N–H and O–H groups in total. The van der Waals surface area contributed by atoms with E-state index in [4.69, 9.17) is 4.74 Å². The summed E-state index contributed by atoms with van der Waals surface area (Å²) >= 11 is 0. The molecule has 0 fully saturated rings. The molecule has 0 bridgehead atoms. The molecular formula is C13H25N3O. The molecule has 4 heteroatoms. The van der Waals surface area contributed by atoms with E-state index in [1.54, 1.807) is 7.11 Å². The Morgan fingerprint density at radius 2 is 2.06 bits per heavy atom. The summed E-state index contributed by atoms with van der Waals surface area (Å²) in [6, 6.07) is 0.619. The zero-order valence-electron chi connectivity index (χ0n) is 11.8. The number of hydrogen-bond acceptors (Lipinski definition) is 3. The van der Waals surface area contributed by atoms with Crippen molar-refractivity contribution in [3.8, 4) is 5.75 Å². The molecule has 0 spiro atoms. The zero-order chi connectivity index (χ0) is 13.0. The number of aromatic nitrogens is 2. The minimum absolute atomic E-state index is 0.278. The van der Waals surface area contributed by atoms with Crippen LogP contribution in [0.25, 0.3) is 0 Å². The lowest BCUT2D eigenvalue weighted by atomic mass is 9.95. The number of rotatable bonds is 6. The van der Waals surface area contributed by atoms with E-state index in [-0.39, 0.29) is 6.04 Å². The first-order chi connectivity index (χ1) is 8.06. The van der Waals surface area contributed by atoms with E-state index in [1.807, 2.05) is 17.9 Å². The second-order valence-electron chi connectivity index (χ2n) is 4.79. The van der Waals surface area contributed by atoms with Crippen LogP contribution in [0.3, 0.4) is 0 Å². The minimum atomic E-state index is 0.278. The molecular weight excluding hydrogens is 214 g/mol. The smallest absolute Gasteiger partial charge is 0.161 e. The Bertz CT molecular complexity index is 346. The molecule has 0 radical (unpaired) electrons. The molecule has 0 saturated heterocycles. The molecule has 0 aliphatic rings. The van der Waals surface area contributed by atoms with Gasteiger partial charge in [-0.2, -0.15) is 5.10 Å². The molecule has 0 aliphatic carbocycles. The maximum atomic E-state index is 5.43. The highest BCUT2D eigenvalue weighted by atomic mass is 16.5. The van der Waals surface area contributed by atoms with Crippen molar-refractivity contribution in [2.45, 2.75) is 46.2 Å². The Morgan fingerprint density at radius 3 is 2.47 bits per heavy atom. The molecule has 1 rings (SSSR count). The van der Waals surface area contributed by atoms with Crippen LogP contribution in [0.2, 0.25) is 0 Å². The largest absolute Gasteiger partial charge is 0.493 e. The number of hydrogen-bond donors (Lipinski definition) is 1. The summed E-state index contributed by atoms with van der Waals surface area (Å²) in [6.45, 7) is 8.73. The first-order valence-electron chi connectivity index (χ1n) is 6.35. The first kappa shape index (κ1) is 14.0. The van der Waals surface area contributed by atoms with E-state index in [1.165, 1.54) is 0 Å². The van der Waals surface area contributed by atoms with Gasteiger partial charge < -0.3 is 10.1 Å². The van der Waals surface area contributed by atoms with Gasteiger partial charge in [0.15, 0.2) is 5.75 Å². The third-order valence-electron chi connectivity index (χ3n) is 3.33. The third-order valence-corrected chi connectivity index (χ3v) is 3.33. The van der Waals surface area contributed by atoms with Crippen molar-refractivity contribution in [3.05, 3.63) is 11.9 Å². The van der Waals surface area contributed by atoms with Gasteiger partial charge in [0.1, 0.15) is 0 Å². The van der Waals surface area contributed by atoms with Gasteiger partial charge >= 0.3 is 0 Å². The van der Waals surface area contributed by atoms with Crippen LogP contribution in [0.1, 0.15) is 51.9 Å². The van der Waals surface area contributed by atoms with Crippen LogP contribution in [0.15, 0.2) is 6.20 Å². The molecule has 1 aromatic rings. The topological polar surface area (TPSA) is 39.1 Å². The number of nitrogens with zero attached hydrogens (tertiary/aromatic N) is 2. The molecule has 0 aromatic carbocycles. The molecule has 0 amide bonds.